The van der Waals surface area contributed by atoms with Gasteiger partial charge in [-0.3, -0.25) is 0 Å². The third-order valence-electron chi connectivity index (χ3n) is 5.15. The number of rotatable bonds is 8. The van der Waals surface area contributed by atoms with E-state index in [0.717, 1.165) is 34.0 Å². The number of aromatic carboxylic acids is 1. The van der Waals surface area contributed by atoms with Crippen molar-refractivity contribution in [2.45, 2.75) is 27.3 Å². The van der Waals surface area contributed by atoms with Crippen LogP contribution in [0.1, 0.15) is 27.9 Å². The summed E-state index contributed by atoms with van der Waals surface area (Å²) in [6.07, 6.45) is 1.47. The van der Waals surface area contributed by atoms with Crippen molar-refractivity contribution in [3.8, 4) is 16.3 Å². The maximum atomic E-state index is 11.5. The summed E-state index contributed by atoms with van der Waals surface area (Å²) in [6.45, 7) is 7.76. The fourth-order valence-electron chi connectivity index (χ4n) is 3.72. The van der Waals surface area contributed by atoms with Crippen LogP contribution in [-0.2, 0) is 6.54 Å². The Morgan fingerprint density at radius 2 is 2.03 bits per heavy atom. The Bertz CT molecular complexity index is 1300. The molecule has 0 amide bonds. The molecule has 0 spiro atoms. The highest BCUT2D eigenvalue weighted by Gasteiger charge is 2.18. The number of carboxylic acids is 1. The third-order valence-corrected chi connectivity index (χ3v) is 6.50. The second kappa shape index (κ2) is 9.18. The highest BCUT2D eigenvalue weighted by Crippen LogP contribution is 2.36. The molecule has 0 atom stereocenters. The average molecular weight is 471 g/mol. The van der Waals surface area contributed by atoms with Gasteiger partial charge in [0, 0.05) is 41.3 Å². The summed E-state index contributed by atoms with van der Waals surface area (Å²) < 4.78 is 7.69. The van der Waals surface area contributed by atoms with E-state index in [-0.39, 0.29) is 4.88 Å². The summed E-state index contributed by atoms with van der Waals surface area (Å²) in [5.41, 5.74) is 4.08. The number of fused-ring (bicyclic) bond motifs is 1. The quantitative estimate of drug-likeness (QED) is 0.346. The Balaban J connectivity index is 1.51. The number of carbonyl (C=O) groups is 1. The molecule has 0 aliphatic carbocycles. The van der Waals surface area contributed by atoms with Crippen molar-refractivity contribution in [3.63, 3.8) is 0 Å². The topological polar surface area (TPSA) is 89.3 Å². The van der Waals surface area contributed by atoms with Crippen molar-refractivity contribution in [1.29, 1.82) is 0 Å². The van der Waals surface area contributed by atoms with E-state index < -0.39 is 5.97 Å². The molecule has 166 valence electrons. The number of hydrogen-bond acceptors (Lipinski definition) is 6. The largest absolute Gasteiger partial charge is 0.492 e. The molecular formula is C23H23ClN4O3S. The molecule has 0 fully saturated rings. The number of thiophene rings is 1. The van der Waals surface area contributed by atoms with E-state index in [0.29, 0.717) is 35.3 Å². The lowest BCUT2D eigenvalue weighted by molar-refractivity contribution is 0.0698. The van der Waals surface area contributed by atoms with Gasteiger partial charge in [-0.05, 0) is 44.5 Å². The second-order valence-corrected chi connectivity index (χ2v) is 8.84. The fraction of sp³-hybridized carbons (Fsp3) is 0.261. The van der Waals surface area contributed by atoms with E-state index in [1.165, 1.54) is 17.4 Å². The van der Waals surface area contributed by atoms with E-state index in [2.05, 4.69) is 39.8 Å². The van der Waals surface area contributed by atoms with Crippen LogP contribution in [0.4, 0.5) is 5.82 Å². The van der Waals surface area contributed by atoms with Crippen molar-refractivity contribution >= 4 is 45.6 Å². The lowest BCUT2D eigenvalue weighted by atomic mass is 10.1. The van der Waals surface area contributed by atoms with Crippen LogP contribution >= 0.6 is 22.9 Å². The number of carboxylic acid groups (broad SMARTS) is 1. The van der Waals surface area contributed by atoms with Crippen molar-refractivity contribution in [1.82, 2.24) is 14.5 Å². The van der Waals surface area contributed by atoms with Gasteiger partial charge in [-0.2, -0.15) is 0 Å². The highest BCUT2D eigenvalue weighted by atomic mass is 35.5. The van der Waals surface area contributed by atoms with Crippen LogP contribution in [0.5, 0.6) is 5.75 Å². The maximum absolute atomic E-state index is 11.5. The van der Waals surface area contributed by atoms with Crippen LogP contribution in [0.2, 0.25) is 5.02 Å². The molecule has 7 nitrogen and oxygen atoms in total. The monoisotopic (exact) mass is 470 g/mol. The number of nitrogens with one attached hydrogen (secondary N) is 1. The van der Waals surface area contributed by atoms with Crippen molar-refractivity contribution in [2.24, 2.45) is 0 Å². The van der Waals surface area contributed by atoms with Gasteiger partial charge >= 0.3 is 5.97 Å². The van der Waals surface area contributed by atoms with Crippen molar-refractivity contribution in [2.75, 3.05) is 18.5 Å². The summed E-state index contributed by atoms with van der Waals surface area (Å²) in [6, 6.07) is 9.68. The van der Waals surface area contributed by atoms with Gasteiger partial charge in [-0.25, -0.2) is 14.8 Å². The number of aryl methyl sites for hydroxylation is 2. The smallest absolute Gasteiger partial charge is 0.349 e. The molecule has 0 bridgehead atoms. The second-order valence-electron chi connectivity index (χ2n) is 7.35. The van der Waals surface area contributed by atoms with Crippen LogP contribution in [0.15, 0.2) is 36.7 Å². The first-order valence-corrected chi connectivity index (χ1v) is 11.4. The number of hydrogen-bond donors (Lipinski definition) is 2. The Morgan fingerprint density at radius 1 is 1.22 bits per heavy atom. The minimum atomic E-state index is -1.01. The van der Waals surface area contributed by atoms with Gasteiger partial charge in [-0.1, -0.05) is 11.6 Å². The van der Waals surface area contributed by atoms with E-state index in [1.807, 2.05) is 25.1 Å². The molecule has 2 N–H and O–H groups in total. The Morgan fingerprint density at radius 3 is 2.78 bits per heavy atom. The van der Waals surface area contributed by atoms with Crippen LogP contribution < -0.4 is 10.1 Å². The zero-order valence-corrected chi connectivity index (χ0v) is 19.5. The highest BCUT2D eigenvalue weighted by molar-refractivity contribution is 7.17. The number of benzene rings is 1. The number of halogens is 1. The SMILES string of the molecule is CCOc1cc(-c2cc(NCCn3c(C)cc4c(C)cc(Cl)cc43)ncn2)sc1C(=O)O. The zero-order valence-electron chi connectivity index (χ0n) is 18.0. The molecule has 3 heterocycles. The summed E-state index contributed by atoms with van der Waals surface area (Å²) >= 11 is 7.41. The first-order valence-electron chi connectivity index (χ1n) is 10.2. The Hall–Kier alpha value is -3.10. The van der Waals surface area contributed by atoms with Crippen LogP contribution in [0, 0.1) is 13.8 Å². The first kappa shape index (κ1) is 22.1. The molecule has 0 aliphatic rings. The molecule has 0 saturated heterocycles. The summed E-state index contributed by atoms with van der Waals surface area (Å²) in [5.74, 6) is 0.0142. The van der Waals surface area contributed by atoms with Crippen LogP contribution in [0.3, 0.4) is 0 Å². The van der Waals surface area contributed by atoms with E-state index >= 15 is 0 Å². The van der Waals surface area contributed by atoms with E-state index in [4.69, 9.17) is 16.3 Å². The molecule has 0 unspecified atom stereocenters. The first-order chi connectivity index (χ1) is 15.4. The van der Waals surface area contributed by atoms with Gasteiger partial charge < -0.3 is 19.7 Å². The van der Waals surface area contributed by atoms with E-state index in [1.54, 1.807) is 6.07 Å². The predicted octanol–water partition coefficient (Wildman–Crippen LogP) is 5.64. The minimum Gasteiger partial charge on any atom is -0.492 e. The van der Waals surface area contributed by atoms with Crippen molar-refractivity contribution in [3.05, 3.63) is 57.8 Å². The normalized spacial score (nSPS) is 11.1. The molecular weight excluding hydrogens is 448 g/mol. The summed E-state index contributed by atoms with van der Waals surface area (Å²) in [7, 11) is 0. The molecule has 4 rings (SSSR count). The summed E-state index contributed by atoms with van der Waals surface area (Å²) in [4.78, 5) is 21.0. The minimum absolute atomic E-state index is 0.166. The molecule has 0 radical (unpaired) electrons. The summed E-state index contributed by atoms with van der Waals surface area (Å²) in [5, 5.41) is 14.7. The van der Waals surface area contributed by atoms with Crippen LogP contribution in [-0.4, -0.2) is 38.8 Å². The molecule has 0 aliphatic heterocycles. The van der Waals surface area contributed by atoms with Gasteiger partial charge in [0.2, 0.25) is 0 Å². The number of aromatic nitrogens is 3. The average Bonchev–Trinajstić information content (AvgIpc) is 3.31. The molecule has 9 heteroatoms. The van der Waals surface area contributed by atoms with Gasteiger partial charge in [0.05, 0.1) is 22.7 Å². The van der Waals surface area contributed by atoms with Gasteiger partial charge in [0.15, 0.2) is 4.88 Å². The maximum Gasteiger partial charge on any atom is 0.349 e. The fourth-order valence-corrected chi connectivity index (χ4v) is 4.89. The molecule has 4 aromatic rings. The predicted molar refractivity (Wildman–Crippen MR) is 128 cm³/mol. The molecule has 32 heavy (non-hydrogen) atoms. The van der Waals surface area contributed by atoms with Crippen LogP contribution in [0.25, 0.3) is 21.5 Å². The number of nitrogens with zero attached hydrogens (tertiary/aromatic N) is 3. The standard InChI is InChI=1S/C23H23ClN4O3S/c1-4-31-19-11-20(32-22(19)23(29)30)17-10-21(27-12-26-17)25-5-6-28-14(3)8-16-13(2)7-15(24)9-18(16)28/h7-12H,4-6H2,1-3H3,(H,29,30)(H,25,26,27). The van der Waals surface area contributed by atoms with E-state index in [9.17, 15) is 9.90 Å². The lowest BCUT2D eigenvalue weighted by Gasteiger charge is -2.11. The molecule has 0 saturated carbocycles. The molecule has 1 aromatic carbocycles. The Kier molecular flexibility index (Phi) is 6.34. The number of anilines is 1. The lowest BCUT2D eigenvalue weighted by Crippen LogP contribution is -2.12. The third kappa shape index (κ3) is 4.42. The van der Waals surface area contributed by atoms with Gasteiger partial charge in [0.1, 0.15) is 17.9 Å². The zero-order chi connectivity index (χ0) is 22.8. The van der Waals surface area contributed by atoms with Gasteiger partial charge in [-0.15, -0.1) is 11.3 Å². The molecule has 3 aromatic heterocycles. The Labute approximate surface area is 194 Å². The number of ether oxygens (including phenoxy) is 1. The van der Waals surface area contributed by atoms with Gasteiger partial charge in [0.25, 0.3) is 0 Å². The van der Waals surface area contributed by atoms with Crippen molar-refractivity contribution < 1.29 is 14.6 Å².